The van der Waals surface area contributed by atoms with Gasteiger partial charge < -0.3 is 5.11 Å². The van der Waals surface area contributed by atoms with Crippen LogP contribution in [0.4, 0.5) is 0 Å². The Morgan fingerprint density at radius 3 is 1.95 bits per heavy atom. The lowest BCUT2D eigenvalue weighted by atomic mass is 9.86. The van der Waals surface area contributed by atoms with Gasteiger partial charge in [-0.15, -0.1) is 0 Å². The van der Waals surface area contributed by atoms with Gasteiger partial charge in [-0.3, -0.25) is 0 Å². The Kier molecular flexibility index (Phi) is 4.28. The lowest BCUT2D eigenvalue weighted by molar-refractivity contribution is 0.472. The van der Waals surface area contributed by atoms with E-state index in [4.69, 9.17) is 0 Å². The summed E-state index contributed by atoms with van der Waals surface area (Å²) in [5, 5.41) is 10.4. The van der Waals surface area contributed by atoms with Gasteiger partial charge in [-0.2, -0.15) is 0 Å². The fourth-order valence-corrected chi connectivity index (χ4v) is 2.87. The highest BCUT2D eigenvalue weighted by Crippen LogP contribution is 2.33. The van der Waals surface area contributed by atoms with Crippen LogP contribution in [0.15, 0.2) is 18.2 Å². The monoisotopic (exact) mass is 298 g/mol. The van der Waals surface area contributed by atoms with Gasteiger partial charge in [0.2, 0.25) is 0 Å². The molecule has 0 aliphatic rings. The highest BCUT2D eigenvalue weighted by atomic mass is 16.3. The van der Waals surface area contributed by atoms with E-state index in [2.05, 4.69) is 44.6 Å². The molecule has 1 aromatic carbocycles. The number of hydrogen-bond acceptors (Lipinski definition) is 3. The molecule has 0 atom stereocenters. The van der Waals surface area contributed by atoms with E-state index in [-0.39, 0.29) is 11.2 Å². The van der Waals surface area contributed by atoms with Gasteiger partial charge in [0.05, 0.1) is 5.56 Å². The first kappa shape index (κ1) is 16.5. The summed E-state index contributed by atoms with van der Waals surface area (Å²) in [4.78, 5) is 9.21. The molecule has 2 rings (SSSR count). The first-order chi connectivity index (χ1) is 10.1. The standard InChI is InChI=1S/C19H26N2O/c1-11(2)17-12(3)20-18(21-13(17)4)15-9-8-14(10-16(15)22)19(5,6)7/h8-11,22H,1-7H3. The van der Waals surface area contributed by atoms with Crippen molar-refractivity contribution < 1.29 is 5.11 Å². The zero-order valence-electron chi connectivity index (χ0n) is 14.7. The van der Waals surface area contributed by atoms with Crippen LogP contribution in [0.3, 0.4) is 0 Å². The molecule has 1 aromatic heterocycles. The molecule has 0 bridgehead atoms. The number of phenols is 1. The van der Waals surface area contributed by atoms with E-state index in [0.717, 1.165) is 17.0 Å². The SMILES string of the molecule is Cc1nc(-c2ccc(C(C)(C)C)cc2O)nc(C)c1C(C)C. The third-order valence-corrected chi connectivity index (χ3v) is 4.01. The maximum atomic E-state index is 10.4. The van der Waals surface area contributed by atoms with Gasteiger partial charge in [0.1, 0.15) is 5.75 Å². The number of nitrogens with zero attached hydrogens (tertiary/aromatic N) is 2. The van der Waals surface area contributed by atoms with Gasteiger partial charge in [0, 0.05) is 11.4 Å². The van der Waals surface area contributed by atoms with Crippen molar-refractivity contribution in [3.8, 4) is 17.1 Å². The summed E-state index contributed by atoms with van der Waals surface area (Å²) in [6.45, 7) is 14.7. The Balaban J connectivity index is 2.54. The fourth-order valence-electron chi connectivity index (χ4n) is 2.87. The van der Waals surface area contributed by atoms with E-state index >= 15 is 0 Å². The van der Waals surface area contributed by atoms with Crippen LogP contribution in [0.2, 0.25) is 0 Å². The lowest BCUT2D eigenvalue weighted by Crippen LogP contribution is -2.11. The fraction of sp³-hybridized carbons (Fsp3) is 0.474. The van der Waals surface area contributed by atoms with Crippen molar-refractivity contribution in [3.63, 3.8) is 0 Å². The zero-order valence-corrected chi connectivity index (χ0v) is 14.7. The van der Waals surface area contributed by atoms with Gasteiger partial charge in [0.15, 0.2) is 5.82 Å². The maximum Gasteiger partial charge on any atom is 0.163 e. The number of phenolic OH excluding ortho intramolecular Hbond substituents is 1. The van der Waals surface area contributed by atoms with Gasteiger partial charge in [0.25, 0.3) is 0 Å². The molecule has 2 aromatic rings. The van der Waals surface area contributed by atoms with Gasteiger partial charge in [-0.1, -0.05) is 40.7 Å². The second kappa shape index (κ2) is 5.71. The topological polar surface area (TPSA) is 46.0 Å². The van der Waals surface area contributed by atoms with Crippen molar-refractivity contribution in [2.24, 2.45) is 0 Å². The molecule has 22 heavy (non-hydrogen) atoms. The molecule has 0 amide bonds. The third kappa shape index (κ3) is 3.13. The van der Waals surface area contributed by atoms with Crippen molar-refractivity contribution in [2.45, 2.75) is 59.8 Å². The number of hydrogen-bond donors (Lipinski definition) is 1. The van der Waals surface area contributed by atoms with Crippen LogP contribution >= 0.6 is 0 Å². The molecular formula is C19H26N2O. The Labute approximate surface area is 133 Å². The summed E-state index contributed by atoms with van der Waals surface area (Å²) in [5.74, 6) is 1.23. The average Bonchev–Trinajstić information content (AvgIpc) is 2.35. The Morgan fingerprint density at radius 1 is 1.00 bits per heavy atom. The van der Waals surface area contributed by atoms with E-state index in [9.17, 15) is 5.11 Å². The minimum Gasteiger partial charge on any atom is -0.507 e. The maximum absolute atomic E-state index is 10.4. The quantitative estimate of drug-likeness (QED) is 0.859. The highest BCUT2D eigenvalue weighted by Gasteiger charge is 2.18. The average molecular weight is 298 g/mol. The lowest BCUT2D eigenvalue weighted by Gasteiger charge is -2.20. The Bertz CT molecular complexity index is 674. The summed E-state index contributed by atoms with van der Waals surface area (Å²) in [6, 6.07) is 5.78. The molecule has 0 aliphatic carbocycles. The third-order valence-electron chi connectivity index (χ3n) is 4.01. The smallest absolute Gasteiger partial charge is 0.163 e. The van der Waals surface area contributed by atoms with Crippen LogP contribution in [0.5, 0.6) is 5.75 Å². The van der Waals surface area contributed by atoms with Crippen LogP contribution in [0.1, 0.15) is 63.1 Å². The van der Waals surface area contributed by atoms with Gasteiger partial charge in [-0.05, 0) is 48.4 Å². The number of aromatic hydroxyl groups is 1. The van der Waals surface area contributed by atoms with Crippen LogP contribution in [-0.4, -0.2) is 15.1 Å². The number of benzene rings is 1. The van der Waals surface area contributed by atoms with Crippen LogP contribution in [0, 0.1) is 13.8 Å². The normalized spacial score (nSPS) is 12.0. The van der Waals surface area contributed by atoms with Crippen molar-refractivity contribution >= 4 is 0 Å². The van der Waals surface area contributed by atoms with Crippen molar-refractivity contribution in [1.29, 1.82) is 0 Å². The molecule has 3 heteroatoms. The molecule has 1 heterocycles. The van der Waals surface area contributed by atoms with E-state index in [1.807, 2.05) is 32.0 Å². The second-order valence-electron chi connectivity index (χ2n) is 7.27. The summed E-state index contributed by atoms with van der Waals surface area (Å²) in [5.41, 5.74) is 4.95. The zero-order chi connectivity index (χ0) is 16.7. The molecule has 0 radical (unpaired) electrons. The van der Waals surface area contributed by atoms with E-state index in [1.165, 1.54) is 5.56 Å². The van der Waals surface area contributed by atoms with Crippen molar-refractivity contribution in [1.82, 2.24) is 9.97 Å². The summed E-state index contributed by atoms with van der Waals surface area (Å²) >= 11 is 0. The van der Waals surface area contributed by atoms with Crippen LogP contribution in [0.25, 0.3) is 11.4 Å². The Morgan fingerprint density at radius 2 is 1.55 bits per heavy atom. The van der Waals surface area contributed by atoms with Gasteiger partial charge >= 0.3 is 0 Å². The van der Waals surface area contributed by atoms with Crippen molar-refractivity contribution in [3.05, 3.63) is 40.7 Å². The van der Waals surface area contributed by atoms with Crippen molar-refractivity contribution in [2.75, 3.05) is 0 Å². The van der Waals surface area contributed by atoms with Crippen LogP contribution in [-0.2, 0) is 5.41 Å². The first-order valence-corrected chi connectivity index (χ1v) is 7.80. The summed E-state index contributed by atoms with van der Waals surface area (Å²) in [7, 11) is 0. The number of aryl methyl sites for hydroxylation is 2. The molecule has 0 spiro atoms. The molecule has 118 valence electrons. The van der Waals surface area contributed by atoms with E-state index in [1.54, 1.807) is 0 Å². The molecular weight excluding hydrogens is 272 g/mol. The minimum atomic E-state index is 0.00417. The summed E-state index contributed by atoms with van der Waals surface area (Å²) in [6.07, 6.45) is 0. The molecule has 0 fully saturated rings. The number of rotatable bonds is 2. The molecule has 0 aliphatic heterocycles. The Hall–Kier alpha value is -1.90. The molecule has 0 saturated heterocycles. The van der Waals surface area contributed by atoms with E-state index < -0.39 is 0 Å². The number of aromatic nitrogens is 2. The second-order valence-corrected chi connectivity index (χ2v) is 7.27. The molecule has 0 unspecified atom stereocenters. The molecule has 0 saturated carbocycles. The molecule has 3 nitrogen and oxygen atoms in total. The van der Waals surface area contributed by atoms with Crippen LogP contribution < -0.4 is 0 Å². The minimum absolute atomic E-state index is 0.00417. The summed E-state index contributed by atoms with van der Waals surface area (Å²) < 4.78 is 0. The predicted octanol–water partition coefficient (Wildman–Crippen LogP) is 4.89. The largest absolute Gasteiger partial charge is 0.507 e. The van der Waals surface area contributed by atoms with E-state index in [0.29, 0.717) is 17.3 Å². The highest BCUT2D eigenvalue weighted by molar-refractivity contribution is 5.65. The van der Waals surface area contributed by atoms with Gasteiger partial charge in [-0.25, -0.2) is 9.97 Å². The first-order valence-electron chi connectivity index (χ1n) is 7.80. The molecule has 1 N–H and O–H groups in total. The predicted molar refractivity (Wildman–Crippen MR) is 91.4 cm³/mol.